The average Bonchev–Trinajstić information content (AvgIpc) is 3.18. The van der Waals surface area contributed by atoms with E-state index >= 15 is 0 Å². The molecule has 0 saturated heterocycles. The van der Waals surface area contributed by atoms with Crippen molar-refractivity contribution in [2.75, 3.05) is 0 Å². The molecule has 6 heteroatoms. The summed E-state index contributed by atoms with van der Waals surface area (Å²) in [4.78, 5) is 14.2. The molecule has 6 nitrogen and oxygen atoms in total. The molecule has 0 unspecified atom stereocenters. The van der Waals surface area contributed by atoms with Crippen LogP contribution in [0.15, 0.2) is 4.42 Å². The normalized spacial score (nSPS) is 15.1. The number of nitrogens with zero attached hydrogens (tertiary/aromatic N) is 3. The molecule has 1 aliphatic rings. The van der Waals surface area contributed by atoms with Gasteiger partial charge >= 0.3 is 5.84 Å². The Morgan fingerprint density at radius 3 is 2.59 bits per heavy atom. The summed E-state index contributed by atoms with van der Waals surface area (Å²) in [6, 6.07) is 0.493. The van der Waals surface area contributed by atoms with Crippen LogP contribution in [-0.4, -0.2) is 27.0 Å². The van der Waals surface area contributed by atoms with E-state index in [1.54, 1.807) is 4.52 Å². The van der Waals surface area contributed by atoms with E-state index in [0.717, 1.165) is 30.1 Å². The number of aryl methyl sites for hydroxylation is 2. The van der Waals surface area contributed by atoms with Crippen LogP contribution >= 0.6 is 0 Å². The fraction of sp³-hybridized carbons (Fsp3) is 0.688. The Balaban J connectivity index is 0.000000188. The molecule has 1 aliphatic carbocycles. The van der Waals surface area contributed by atoms with E-state index in [-0.39, 0.29) is 0 Å². The summed E-state index contributed by atoms with van der Waals surface area (Å²) in [6.45, 7) is 8.22. The molecule has 2 heterocycles. The van der Waals surface area contributed by atoms with Crippen LogP contribution in [0.5, 0.6) is 0 Å². The molecule has 1 N–H and O–H groups in total. The first-order chi connectivity index (χ1) is 10.6. The summed E-state index contributed by atoms with van der Waals surface area (Å²) < 4.78 is 7.35. The van der Waals surface area contributed by atoms with Crippen molar-refractivity contribution in [3.05, 3.63) is 17.3 Å². The van der Waals surface area contributed by atoms with Crippen LogP contribution in [0.2, 0.25) is 0 Å². The number of amides is 1. The molecular formula is C16H26N4O2. The first-order valence-electron chi connectivity index (χ1n) is 8.11. The fourth-order valence-corrected chi connectivity index (χ4v) is 2.66. The van der Waals surface area contributed by atoms with Crippen LogP contribution in [0.4, 0.5) is 0 Å². The van der Waals surface area contributed by atoms with Gasteiger partial charge in [-0.1, -0.05) is 33.6 Å². The molecular weight excluding hydrogens is 280 g/mol. The molecule has 2 aromatic heterocycles. The SMILES string of the molecule is CCc1oc2nc(C(C)C)nn2c1C.O=CNC1CCCC1. The van der Waals surface area contributed by atoms with Crippen LogP contribution in [-0.2, 0) is 11.2 Å². The molecule has 0 aliphatic heterocycles. The third-order valence-corrected chi connectivity index (χ3v) is 4.03. The minimum Gasteiger partial charge on any atom is -0.427 e. The Morgan fingerprint density at radius 1 is 1.41 bits per heavy atom. The largest absolute Gasteiger partial charge is 0.427 e. The predicted molar refractivity (Wildman–Crippen MR) is 84.9 cm³/mol. The van der Waals surface area contributed by atoms with Gasteiger partial charge in [-0.25, -0.2) is 0 Å². The van der Waals surface area contributed by atoms with Gasteiger partial charge < -0.3 is 9.73 Å². The standard InChI is InChI=1S/C10H15N3O.C6H11NO/c1-5-8-7(4)13-10(14-8)11-9(12-13)6(2)3;8-5-7-6-3-1-2-4-6/h6H,5H2,1-4H3;5-6H,1-4H2,(H,7,8). The molecule has 0 aromatic carbocycles. The second-order valence-electron chi connectivity index (χ2n) is 6.05. The minimum absolute atomic E-state index is 0.342. The highest BCUT2D eigenvalue weighted by Crippen LogP contribution is 2.18. The van der Waals surface area contributed by atoms with Gasteiger partial charge in [0, 0.05) is 18.4 Å². The van der Waals surface area contributed by atoms with Gasteiger partial charge in [0.25, 0.3) is 0 Å². The van der Waals surface area contributed by atoms with Crippen molar-refractivity contribution in [2.24, 2.45) is 0 Å². The van der Waals surface area contributed by atoms with Gasteiger partial charge in [0.15, 0.2) is 5.82 Å². The van der Waals surface area contributed by atoms with Gasteiger partial charge in [-0.3, -0.25) is 4.79 Å². The van der Waals surface area contributed by atoms with E-state index in [1.165, 1.54) is 25.7 Å². The zero-order valence-corrected chi connectivity index (χ0v) is 13.9. The molecule has 3 rings (SSSR count). The van der Waals surface area contributed by atoms with Crippen LogP contribution in [0.1, 0.15) is 69.7 Å². The lowest BCUT2D eigenvalue weighted by Crippen LogP contribution is -2.23. The maximum absolute atomic E-state index is 9.85. The summed E-state index contributed by atoms with van der Waals surface area (Å²) in [6.07, 6.45) is 6.61. The molecule has 22 heavy (non-hydrogen) atoms. The van der Waals surface area contributed by atoms with Gasteiger partial charge in [0.05, 0.1) is 5.69 Å². The highest BCUT2D eigenvalue weighted by molar-refractivity contribution is 5.46. The van der Waals surface area contributed by atoms with Crippen molar-refractivity contribution in [2.45, 2.75) is 71.8 Å². The van der Waals surface area contributed by atoms with Crippen molar-refractivity contribution in [3.63, 3.8) is 0 Å². The molecule has 2 aromatic rings. The molecule has 0 spiro atoms. The molecule has 1 saturated carbocycles. The summed E-state index contributed by atoms with van der Waals surface area (Å²) in [5.41, 5.74) is 1.06. The number of rotatable bonds is 4. The highest BCUT2D eigenvalue weighted by Gasteiger charge is 2.15. The van der Waals surface area contributed by atoms with Crippen molar-refractivity contribution in [3.8, 4) is 0 Å². The maximum Gasteiger partial charge on any atom is 0.325 e. The van der Waals surface area contributed by atoms with E-state index in [0.29, 0.717) is 17.8 Å². The van der Waals surface area contributed by atoms with Gasteiger partial charge in [0.1, 0.15) is 5.76 Å². The van der Waals surface area contributed by atoms with Gasteiger partial charge in [-0.2, -0.15) is 9.50 Å². The smallest absolute Gasteiger partial charge is 0.325 e. The van der Waals surface area contributed by atoms with E-state index in [4.69, 9.17) is 4.42 Å². The number of fused-ring (bicyclic) bond motifs is 1. The van der Waals surface area contributed by atoms with E-state index in [9.17, 15) is 4.79 Å². The maximum atomic E-state index is 9.85. The molecule has 1 fully saturated rings. The number of carbonyl (C=O) groups is 1. The van der Waals surface area contributed by atoms with Crippen LogP contribution in [0, 0.1) is 6.92 Å². The highest BCUT2D eigenvalue weighted by atomic mass is 16.4. The van der Waals surface area contributed by atoms with Crippen LogP contribution in [0.25, 0.3) is 5.84 Å². The molecule has 0 radical (unpaired) electrons. The van der Waals surface area contributed by atoms with Crippen LogP contribution < -0.4 is 5.32 Å². The summed E-state index contributed by atoms with van der Waals surface area (Å²) >= 11 is 0. The van der Waals surface area contributed by atoms with E-state index in [2.05, 4.69) is 36.2 Å². The monoisotopic (exact) mass is 306 g/mol. The molecule has 0 atom stereocenters. The van der Waals surface area contributed by atoms with Gasteiger partial charge in [0.2, 0.25) is 6.41 Å². The molecule has 1 amide bonds. The summed E-state index contributed by atoms with van der Waals surface area (Å²) in [7, 11) is 0. The van der Waals surface area contributed by atoms with E-state index < -0.39 is 0 Å². The number of hydrogen-bond acceptors (Lipinski definition) is 4. The third-order valence-electron chi connectivity index (χ3n) is 4.03. The quantitative estimate of drug-likeness (QED) is 0.881. The lowest BCUT2D eigenvalue weighted by Gasteiger charge is -2.03. The fourth-order valence-electron chi connectivity index (χ4n) is 2.66. The second kappa shape index (κ2) is 7.42. The Labute approximate surface area is 131 Å². The zero-order valence-electron chi connectivity index (χ0n) is 13.9. The van der Waals surface area contributed by atoms with Crippen molar-refractivity contribution >= 4 is 12.3 Å². The van der Waals surface area contributed by atoms with Crippen LogP contribution in [0.3, 0.4) is 0 Å². The summed E-state index contributed by atoms with van der Waals surface area (Å²) in [5.74, 6) is 2.77. The topological polar surface area (TPSA) is 72.4 Å². The van der Waals surface area contributed by atoms with Gasteiger partial charge in [-0.05, 0) is 19.8 Å². The zero-order chi connectivity index (χ0) is 16.1. The second-order valence-corrected chi connectivity index (χ2v) is 6.05. The van der Waals surface area contributed by atoms with Crippen molar-refractivity contribution in [1.29, 1.82) is 0 Å². The Hall–Kier alpha value is -1.85. The predicted octanol–water partition coefficient (Wildman–Crippen LogP) is 2.99. The molecule has 0 bridgehead atoms. The lowest BCUT2D eigenvalue weighted by atomic mass is 10.2. The number of hydrogen-bond donors (Lipinski definition) is 1. The van der Waals surface area contributed by atoms with Crippen molar-refractivity contribution in [1.82, 2.24) is 19.9 Å². The Morgan fingerprint density at radius 2 is 2.09 bits per heavy atom. The number of nitrogens with one attached hydrogen (secondary N) is 1. The lowest BCUT2D eigenvalue weighted by molar-refractivity contribution is -0.110. The average molecular weight is 306 g/mol. The first kappa shape index (κ1) is 16.5. The van der Waals surface area contributed by atoms with Crippen molar-refractivity contribution < 1.29 is 9.21 Å². The third kappa shape index (κ3) is 3.67. The minimum atomic E-state index is 0.342. The Bertz CT molecular complexity index is 609. The first-order valence-corrected chi connectivity index (χ1v) is 8.11. The number of carbonyl (C=O) groups excluding carboxylic acids is 1. The number of oxazole rings is 1. The van der Waals surface area contributed by atoms with Gasteiger partial charge in [-0.15, -0.1) is 5.10 Å². The van der Waals surface area contributed by atoms with E-state index in [1.807, 2.05) is 6.92 Å². The summed E-state index contributed by atoms with van der Waals surface area (Å²) in [5, 5.41) is 7.16. The Kier molecular flexibility index (Phi) is 5.57. The number of aromatic nitrogens is 3. The molecule has 122 valence electrons.